The summed E-state index contributed by atoms with van der Waals surface area (Å²) in [6.45, 7) is 3.04. The van der Waals surface area contributed by atoms with Crippen LogP contribution in [0.2, 0.25) is 0 Å². The van der Waals surface area contributed by atoms with Crippen LogP contribution >= 0.6 is 0 Å². The SMILES string of the molecule is CC1CC1CNC(=O)Cc1cccc(N)c1. The van der Waals surface area contributed by atoms with Gasteiger partial charge >= 0.3 is 0 Å². The number of nitrogens with one attached hydrogen (secondary N) is 1. The first kappa shape index (κ1) is 11.0. The minimum Gasteiger partial charge on any atom is -0.399 e. The number of rotatable bonds is 4. The zero-order valence-corrected chi connectivity index (χ0v) is 9.57. The second-order valence-corrected chi connectivity index (χ2v) is 4.70. The van der Waals surface area contributed by atoms with Gasteiger partial charge in [0, 0.05) is 12.2 Å². The Balaban J connectivity index is 1.78. The molecule has 2 atom stereocenters. The Morgan fingerprint density at radius 1 is 1.56 bits per heavy atom. The molecule has 1 saturated carbocycles. The number of nitrogen functional groups attached to an aromatic ring is 1. The number of amides is 1. The van der Waals surface area contributed by atoms with Gasteiger partial charge in [-0.1, -0.05) is 19.1 Å². The Labute approximate surface area is 96.0 Å². The monoisotopic (exact) mass is 218 g/mol. The lowest BCUT2D eigenvalue weighted by atomic mass is 10.1. The van der Waals surface area contributed by atoms with E-state index in [9.17, 15) is 4.79 Å². The van der Waals surface area contributed by atoms with Crippen LogP contribution < -0.4 is 11.1 Å². The molecule has 1 aromatic rings. The summed E-state index contributed by atoms with van der Waals surface area (Å²) in [5, 5.41) is 2.96. The summed E-state index contributed by atoms with van der Waals surface area (Å²) in [5.41, 5.74) is 7.34. The van der Waals surface area contributed by atoms with E-state index in [4.69, 9.17) is 5.73 Å². The molecule has 1 aliphatic carbocycles. The van der Waals surface area contributed by atoms with Gasteiger partial charge < -0.3 is 11.1 Å². The van der Waals surface area contributed by atoms with Crippen molar-refractivity contribution in [1.82, 2.24) is 5.32 Å². The predicted molar refractivity (Wildman–Crippen MR) is 64.8 cm³/mol. The summed E-state index contributed by atoms with van der Waals surface area (Å²) < 4.78 is 0. The Kier molecular flexibility index (Phi) is 3.13. The quantitative estimate of drug-likeness (QED) is 0.754. The highest BCUT2D eigenvalue weighted by molar-refractivity contribution is 5.78. The average Bonchev–Trinajstić information content (AvgIpc) is 2.92. The van der Waals surface area contributed by atoms with Crippen LogP contribution in [0.5, 0.6) is 0 Å². The molecule has 0 radical (unpaired) electrons. The van der Waals surface area contributed by atoms with Crippen molar-refractivity contribution in [2.75, 3.05) is 12.3 Å². The molecule has 0 aromatic heterocycles. The van der Waals surface area contributed by atoms with Crippen LogP contribution in [0.25, 0.3) is 0 Å². The summed E-state index contributed by atoms with van der Waals surface area (Å²) in [6.07, 6.45) is 1.67. The fourth-order valence-corrected chi connectivity index (χ4v) is 1.88. The van der Waals surface area contributed by atoms with Crippen LogP contribution in [0.15, 0.2) is 24.3 Å². The summed E-state index contributed by atoms with van der Waals surface area (Å²) in [7, 11) is 0. The molecule has 0 spiro atoms. The highest BCUT2D eigenvalue weighted by Crippen LogP contribution is 2.36. The van der Waals surface area contributed by atoms with E-state index in [0.29, 0.717) is 18.0 Å². The zero-order valence-electron chi connectivity index (χ0n) is 9.57. The highest BCUT2D eigenvalue weighted by atomic mass is 16.1. The fraction of sp³-hybridized carbons (Fsp3) is 0.462. The lowest BCUT2D eigenvalue weighted by molar-refractivity contribution is -0.120. The smallest absolute Gasteiger partial charge is 0.224 e. The molecule has 1 aromatic carbocycles. The number of hydrogen-bond donors (Lipinski definition) is 2. The van der Waals surface area contributed by atoms with Crippen LogP contribution in [0.4, 0.5) is 5.69 Å². The summed E-state index contributed by atoms with van der Waals surface area (Å²) in [4.78, 5) is 11.6. The molecule has 0 heterocycles. The second-order valence-electron chi connectivity index (χ2n) is 4.70. The van der Waals surface area contributed by atoms with Crippen LogP contribution in [0.1, 0.15) is 18.9 Å². The third-order valence-corrected chi connectivity index (χ3v) is 3.15. The largest absolute Gasteiger partial charge is 0.399 e. The minimum absolute atomic E-state index is 0.0877. The van der Waals surface area contributed by atoms with Gasteiger partial charge in [0.2, 0.25) is 5.91 Å². The number of carbonyl (C=O) groups is 1. The molecule has 1 fully saturated rings. The van der Waals surface area contributed by atoms with Gasteiger partial charge in [0.05, 0.1) is 6.42 Å². The molecule has 0 bridgehead atoms. The maximum atomic E-state index is 11.6. The molecule has 1 amide bonds. The van der Waals surface area contributed by atoms with Crippen molar-refractivity contribution in [3.05, 3.63) is 29.8 Å². The Morgan fingerprint density at radius 2 is 2.31 bits per heavy atom. The van der Waals surface area contributed by atoms with Crippen molar-refractivity contribution in [1.29, 1.82) is 0 Å². The molecule has 0 saturated heterocycles. The Bertz CT molecular complexity index is 389. The molecule has 1 aliphatic rings. The molecular formula is C13H18N2O. The highest BCUT2D eigenvalue weighted by Gasteiger charge is 2.32. The van der Waals surface area contributed by atoms with Crippen molar-refractivity contribution >= 4 is 11.6 Å². The maximum absolute atomic E-state index is 11.6. The molecule has 0 aliphatic heterocycles. The van der Waals surface area contributed by atoms with E-state index < -0.39 is 0 Å². The van der Waals surface area contributed by atoms with Gasteiger partial charge in [0.25, 0.3) is 0 Å². The summed E-state index contributed by atoms with van der Waals surface area (Å²) >= 11 is 0. The van der Waals surface area contributed by atoms with Crippen molar-refractivity contribution in [2.45, 2.75) is 19.8 Å². The Morgan fingerprint density at radius 3 is 2.94 bits per heavy atom. The molecule has 2 rings (SSSR count). The average molecular weight is 218 g/mol. The first-order valence-corrected chi connectivity index (χ1v) is 5.76. The summed E-state index contributed by atoms with van der Waals surface area (Å²) in [6, 6.07) is 7.48. The van der Waals surface area contributed by atoms with Crippen molar-refractivity contribution in [3.63, 3.8) is 0 Å². The lowest BCUT2D eigenvalue weighted by Crippen LogP contribution is -2.27. The lowest BCUT2D eigenvalue weighted by Gasteiger charge is -2.05. The molecule has 16 heavy (non-hydrogen) atoms. The normalized spacial score (nSPS) is 22.8. The first-order chi connectivity index (χ1) is 7.65. The van der Waals surface area contributed by atoms with E-state index in [-0.39, 0.29) is 5.91 Å². The fourth-order valence-electron chi connectivity index (χ4n) is 1.88. The molecule has 3 N–H and O–H groups in total. The van der Waals surface area contributed by atoms with E-state index in [1.807, 2.05) is 24.3 Å². The van der Waals surface area contributed by atoms with Crippen LogP contribution in [0.3, 0.4) is 0 Å². The van der Waals surface area contributed by atoms with Gasteiger partial charge in [-0.3, -0.25) is 4.79 Å². The van der Waals surface area contributed by atoms with Gasteiger partial charge in [-0.2, -0.15) is 0 Å². The number of hydrogen-bond acceptors (Lipinski definition) is 2. The molecular weight excluding hydrogens is 200 g/mol. The van der Waals surface area contributed by atoms with Gasteiger partial charge in [-0.15, -0.1) is 0 Å². The first-order valence-electron chi connectivity index (χ1n) is 5.76. The van der Waals surface area contributed by atoms with Crippen molar-refractivity contribution in [2.24, 2.45) is 11.8 Å². The second kappa shape index (κ2) is 4.56. The van der Waals surface area contributed by atoms with Crippen molar-refractivity contribution < 1.29 is 4.79 Å². The zero-order chi connectivity index (χ0) is 11.5. The third kappa shape index (κ3) is 2.99. The van der Waals surface area contributed by atoms with E-state index in [2.05, 4.69) is 12.2 Å². The van der Waals surface area contributed by atoms with Gasteiger partial charge in [0.15, 0.2) is 0 Å². The topological polar surface area (TPSA) is 55.1 Å². The van der Waals surface area contributed by atoms with E-state index in [0.717, 1.165) is 18.0 Å². The van der Waals surface area contributed by atoms with E-state index >= 15 is 0 Å². The number of benzene rings is 1. The maximum Gasteiger partial charge on any atom is 0.224 e. The van der Waals surface area contributed by atoms with Gasteiger partial charge in [0.1, 0.15) is 0 Å². The molecule has 3 nitrogen and oxygen atoms in total. The number of nitrogens with two attached hydrogens (primary N) is 1. The van der Waals surface area contributed by atoms with Gasteiger partial charge in [-0.25, -0.2) is 0 Å². The van der Waals surface area contributed by atoms with Gasteiger partial charge in [-0.05, 0) is 36.0 Å². The van der Waals surface area contributed by atoms with E-state index in [1.54, 1.807) is 0 Å². The van der Waals surface area contributed by atoms with E-state index in [1.165, 1.54) is 6.42 Å². The predicted octanol–water partition coefficient (Wildman–Crippen LogP) is 1.58. The molecule has 86 valence electrons. The summed E-state index contributed by atoms with van der Waals surface area (Å²) in [5.74, 6) is 1.57. The van der Waals surface area contributed by atoms with Crippen LogP contribution in [-0.2, 0) is 11.2 Å². The molecule has 2 unspecified atom stereocenters. The van der Waals surface area contributed by atoms with Crippen molar-refractivity contribution in [3.8, 4) is 0 Å². The van der Waals surface area contributed by atoms with Crippen LogP contribution in [0, 0.1) is 11.8 Å². The third-order valence-electron chi connectivity index (χ3n) is 3.15. The minimum atomic E-state index is 0.0877. The van der Waals surface area contributed by atoms with Crippen LogP contribution in [-0.4, -0.2) is 12.5 Å². The number of anilines is 1. The molecule has 3 heteroatoms. The Hall–Kier alpha value is -1.51. The standard InChI is InChI=1S/C13H18N2O/c1-9-5-11(9)8-15-13(16)7-10-3-2-4-12(14)6-10/h2-4,6,9,11H,5,7-8,14H2,1H3,(H,15,16). The number of carbonyl (C=O) groups excluding carboxylic acids is 1.